The maximum atomic E-state index is 13.5. The molecule has 1 amide bonds. The van der Waals surface area contributed by atoms with Crippen LogP contribution in [0.1, 0.15) is 21.8 Å². The first-order chi connectivity index (χ1) is 11.5. The van der Waals surface area contributed by atoms with Gasteiger partial charge in [0.15, 0.2) is 11.6 Å². The standard InChI is InChI=1S/C18H17BrF2N2O.ClH/c19-15-7-17(21)16(20)6-13(15)18(24)23-9-12(8-22)14(10-23)11-4-2-1-3-5-11;/h1-7,12,14H,8-10,22H2;1H/t12-,14+;/m1./s1. The molecule has 7 heteroatoms. The lowest BCUT2D eigenvalue weighted by Gasteiger charge is -2.17. The first-order valence-electron chi connectivity index (χ1n) is 7.70. The average molecular weight is 432 g/mol. The van der Waals surface area contributed by atoms with Crippen molar-refractivity contribution in [2.24, 2.45) is 11.7 Å². The highest BCUT2D eigenvalue weighted by molar-refractivity contribution is 9.10. The van der Waals surface area contributed by atoms with Gasteiger partial charge in [0.25, 0.3) is 5.91 Å². The molecule has 3 rings (SSSR count). The van der Waals surface area contributed by atoms with E-state index < -0.39 is 11.6 Å². The number of carbonyl (C=O) groups is 1. The molecule has 1 saturated heterocycles. The van der Waals surface area contributed by atoms with Crippen molar-refractivity contribution >= 4 is 34.2 Å². The summed E-state index contributed by atoms with van der Waals surface area (Å²) < 4.78 is 27.0. The third-order valence-corrected chi connectivity index (χ3v) is 5.16. The summed E-state index contributed by atoms with van der Waals surface area (Å²) in [6, 6.07) is 11.8. The molecule has 1 fully saturated rings. The smallest absolute Gasteiger partial charge is 0.255 e. The molecule has 1 aliphatic rings. The van der Waals surface area contributed by atoms with E-state index in [1.807, 2.05) is 30.3 Å². The lowest BCUT2D eigenvalue weighted by Crippen LogP contribution is -2.30. The average Bonchev–Trinajstić information content (AvgIpc) is 3.02. The number of hydrogen-bond acceptors (Lipinski definition) is 2. The van der Waals surface area contributed by atoms with Gasteiger partial charge in [-0.25, -0.2) is 8.78 Å². The molecule has 1 aliphatic heterocycles. The Morgan fingerprint density at radius 2 is 1.80 bits per heavy atom. The minimum atomic E-state index is -1.03. The monoisotopic (exact) mass is 430 g/mol. The number of hydrogen-bond donors (Lipinski definition) is 1. The van der Waals surface area contributed by atoms with Crippen molar-refractivity contribution in [3.05, 3.63) is 69.7 Å². The van der Waals surface area contributed by atoms with Crippen molar-refractivity contribution < 1.29 is 13.6 Å². The Labute approximate surface area is 159 Å². The summed E-state index contributed by atoms with van der Waals surface area (Å²) in [4.78, 5) is 14.4. The van der Waals surface area contributed by atoms with Crippen molar-refractivity contribution in [2.75, 3.05) is 19.6 Å². The zero-order valence-corrected chi connectivity index (χ0v) is 15.7. The Balaban J connectivity index is 0.00000225. The highest BCUT2D eigenvalue weighted by Crippen LogP contribution is 2.33. The minimum absolute atomic E-state index is 0. The Kier molecular flexibility index (Phi) is 6.54. The number of rotatable bonds is 3. The van der Waals surface area contributed by atoms with Gasteiger partial charge in [0, 0.05) is 23.5 Å². The van der Waals surface area contributed by atoms with E-state index in [2.05, 4.69) is 15.9 Å². The van der Waals surface area contributed by atoms with Crippen molar-refractivity contribution in [3.63, 3.8) is 0 Å². The van der Waals surface area contributed by atoms with Gasteiger partial charge in [-0.1, -0.05) is 30.3 Å². The Hall–Kier alpha value is -1.50. The summed E-state index contributed by atoms with van der Waals surface area (Å²) in [5.74, 6) is -2.06. The summed E-state index contributed by atoms with van der Waals surface area (Å²) in [6.07, 6.45) is 0. The molecule has 0 aromatic heterocycles. The molecule has 0 unspecified atom stereocenters. The van der Waals surface area contributed by atoms with Gasteiger partial charge in [0.1, 0.15) is 0 Å². The number of carbonyl (C=O) groups excluding carboxylic acids is 1. The molecule has 0 aliphatic carbocycles. The van der Waals surface area contributed by atoms with Gasteiger partial charge in [0.2, 0.25) is 0 Å². The summed E-state index contributed by atoms with van der Waals surface area (Å²) in [7, 11) is 0. The summed E-state index contributed by atoms with van der Waals surface area (Å²) in [6.45, 7) is 1.47. The normalized spacial score (nSPS) is 19.6. The number of halogens is 4. The lowest BCUT2D eigenvalue weighted by molar-refractivity contribution is 0.0785. The number of nitrogens with two attached hydrogens (primary N) is 1. The molecule has 0 spiro atoms. The molecule has 2 aromatic rings. The van der Waals surface area contributed by atoms with E-state index in [4.69, 9.17) is 5.73 Å². The van der Waals surface area contributed by atoms with Crippen LogP contribution in [-0.4, -0.2) is 30.4 Å². The topological polar surface area (TPSA) is 46.3 Å². The Morgan fingerprint density at radius 1 is 1.16 bits per heavy atom. The van der Waals surface area contributed by atoms with Crippen LogP contribution < -0.4 is 5.73 Å². The van der Waals surface area contributed by atoms with Crippen LogP contribution in [-0.2, 0) is 0 Å². The maximum absolute atomic E-state index is 13.5. The van der Waals surface area contributed by atoms with Gasteiger partial charge in [-0.3, -0.25) is 4.79 Å². The van der Waals surface area contributed by atoms with E-state index in [9.17, 15) is 13.6 Å². The second-order valence-electron chi connectivity index (χ2n) is 5.97. The third-order valence-electron chi connectivity index (χ3n) is 4.50. The molecular weight excluding hydrogens is 414 g/mol. The van der Waals surface area contributed by atoms with Crippen LogP contribution >= 0.6 is 28.3 Å². The van der Waals surface area contributed by atoms with Crippen LogP contribution in [0.3, 0.4) is 0 Å². The van der Waals surface area contributed by atoms with Crippen molar-refractivity contribution in [1.29, 1.82) is 0 Å². The van der Waals surface area contributed by atoms with E-state index in [1.165, 1.54) is 0 Å². The predicted octanol–water partition coefficient (Wildman–Crippen LogP) is 3.96. The second-order valence-corrected chi connectivity index (χ2v) is 6.82. The van der Waals surface area contributed by atoms with Gasteiger partial charge in [-0.05, 0) is 46.1 Å². The summed E-state index contributed by atoms with van der Waals surface area (Å²) >= 11 is 3.14. The van der Waals surface area contributed by atoms with E-state index in [0.29, 0.717) is 19.6 Å². The van der Waals surface area contributed by atoms with Gasteiger partial charge in [-0.15, -0.1) is 12.4 Å². The summed E-state index contributed by atoms with van der Waals surface area (Å²) in [5.41, 5.74) is 7.14. The summed E-state index contributed by atoms with van der Waals surface area (Å²) in [5, 5.41) is 0. The van der Waals surface area contributed by atoms with Crippen LogP contribution in [0, 0.1) is 17.6 Å². The van der Waals surface area contributed by atoms with Crippen LogP contribution in [0.4, 0.5) is 8.78 Å². The molecule has 0 radical (unpaired) electrons. The highest BCUT2D eigenvalue weighted by atomic mass is 79.9. The largest absolute Gasteiger partial charge is 0.338 e. The first kappa shape index (κ1) is 19.8. The number of benzene rings is 2. The molecular formula is C18H18BrClF2N2O. The van der Waals surface area contributed by atoms with Crippen LogP contribution in [0.25, 0.3) is 0 Å². The molecule has 2 N–H and O–H groups in total. The molecule has 2 aromatic carbocycles. The van der Waals surface area contributed by atoms with Crippen LogP contribution in [0.2, 0.25) is 0 Å². The van der Waals surface area contributed by atoms with E-state index >= 15 is 0 Å². The SMILES string of the molecule is Cl.NC[C@@H]1CN(C(=O)c2cc(F)c(F)cc2Br)C[C@H]1c1ccccc1. The van der Waals surface area contributed by atoms with E-state index in [0.717, 1.165) is 17.7 Å². The quantitative estimate of drug-likeness (QED) is 0.748. The van der Waals surface area contributed by atoms with Crippen LogP contribution in [0.15, 0.2) is 46.9 Å². The van der Waals surface area contributed by atoms with Crippen molar-refractivity contribution in [2.45, 2.75) is 5.92 Å². The van der Waals surface area contributed by atoms with Gasteiger partial charge < -0.3 is 10.6 Å². The van der Waals surface area contributed by atoms with Gasteiger partial charge in [0.05, 0.1) is 5.56 Å². The fraction of sp³-hybridized carbons (Fsp3) is 0.278. The highest BCUT2D eigenvalue weighted by Gasteiger charge is 2.36. The molecule has 3 nitrogen and oxygen atoms in total. The first-order valence-corrected chi connectivity index (χ1v) is 8.49. The predicted molar refractivity (Wildman–Crippen MR) is 98.9 cm³/mol. The number of likely N-dealkylation sites (tertiary alicyclic amines) is 1. The van der Waals surface area contributed by atoms with Gasteiger partial charge >= 0.3 is 0 Å². The van der Waals surface area contributed by atoms with E-state index in [1.54, 1.807) is 4.90 Å². The molecule has 25 heavy (non-hydrogen) atoms. The molecule has 2 atom stereocenters. The van der Waals surface area contributed by atoms with Crippen molar-refractivity contribution in [3.8, 4) is 0 Å². The molecule has 134 valence electrons. The Bertz CT molecular complexity index is 760. The van der Waals surface area contributed by atoms with E-state index in [-0.39, 0.29) is 40.2 Å². The molecule has 0 saturated carbocycles. The number of amides is 1. The van der Waals surface area contributed by atoms with Crippen molar-refractivity contribution in [1.82, 2.24) is 4.90 Å². The molecule has 1 heterocycles. The minimum Gasteiger partial charge on any atom is -0.338 e. The second kappa shape index (κ2) is 8.25. The van der Waals surface area contributed by atoms with Crippen LogP contribution in [0.5, 0.6) is 0 Å². The zero-order chi connectivity index (χ0) is 17.3. The maximum Gasteiger partial charge on any atom is 0.255 e. The van der Waals surface area contributed by atoms with Gasteiger partial charge in [-0.2, -0.15) is 0 Å². The fourth-order valence-electron chi connectivity index (χ4n) is 3.21. The third kappa shape index (κ3) is 4.02. The zero-order valence-electron chi connectivity index (χ0n) is 13.3. The fourth-order valence-corrected chi connectivity index (χ4v) is 3.70. The lowest BCUT2D eigenvalue weighted by atomic mass is 9.89. The number of nitrogens with zero attached hydrogens (tertiary/aromatic N) is 1. The molecule has 0 bridgehead atoms. The Morgan fingerprint density at radius 3 is 2.44 bits per heavy atom.